The molecule has 5 nitrogen and oxygen atoms in total. The lowest BCUT2D eigenvalue weighted by molar-refractivity contribution is 0.0794. The van der Waals surface area contributed by atoms with Crippen LogP contribution in [0.2, 0.25) is 0 Å². The van der Waals surface area contributed by atoms with Crippen molar-refractivity contribution in [2.75, 3.05) is 6.54 Å². The minimum Gasteiger partial charge on any atom is -0.329 e. The van der Waals surface area contributed by atoms with Crippen molar-refractivity contribution in [1.29, 1.82) is 5.26 Å². The Morgan fingerprint density at radius 3 is 2.92 bits per heavy atom. The summed E-state index contributed by atoms with van der Waals surface area (Å²) in [4.78, 5) is 14.2. The van der Waals surface area contributed by atoms with Gasteiger partial charge in [-0.1, -0.05) is 18.7 Å². The van der Waals surface area contributed by atoms with Gasteiger partial charge in [-0.3, -0.25) is 9.48 Å². The third kappa shape index (κ3) is 2.37. The number of aromatic nitrogens is 2. The number of amides is 1. The maximum absolute atomic E-state index is 14.5. The molecule has 3 aromatic rings. The van der Waals surface area contributed by atoms with Crippen molar-refractivity contribution < 1.29 is 9.18 Å². The monoisotopic (exact) mass is 346 g/mol. The molecule has 0 atom stereocenters. The van der Waals surface area contributed by atoms with Crippen LogP contribution in [0.25, 0.3) is 22.0 Å². The highest BCUT2D eigenvalue weighted by Crippen LogP contribution is 2.35. The van der Waals surface area contributed by atoms with Crippen molar-refractivity contribution in [3.8, 4) is 17.2 Å². The minimum absolute atomic E-state index is 0.139. The zero-order valence-electron chi connectivity index (χ0n) is 14.2. The van der Waals surface area contributed by atoms with Crippen molar-refractivity contribution in [2.45, 2.75) is 6.54 Å². The van der Waals surface area contributed by atoms with Gasteiger partial charge in [-0.15, -0.1) is 0 Å². The Kier molecular flexibility index (Phi) is 3.58. The van der Waals surface area contributed by atoms with E-state index in [0.29, 0.717) is 34.1 Å². The molecule has 128 valence electrons. The van der Waals surface area contributed by atoms with E-state index in [1.165, 1.54) is 12.3 Å². The standard InChI is InChI=1S/C20H15FN4O/c1-12(8-22)10-25-11-17-14(4-3-5-15(17)20(25)26)13-6-18(21)16-9-23-24(2)19(16)7-13/h3-7,9H,1,10-11H2,2H3. The van der Waals surface area contributed by atoms with Crippen molar-refractivity contribution in [3.63, 3.8) is 0 Å². The molecule has 1 aliphatic rings. The van der Waals surface area contributed by atoms with Crippen molar-refractivity contribution in [3.05, 3.63) is 65.6 Å². The van der Waals surface area contributed by atoms with Gasteiger partial charge in [0.2, 0.25) is 0 Å². The molecule has 0 unspecified atom stereocenters. The van der Waals surface area contributed by atoms with Gasteiger partial charge in [-0.2, -0.15) is 10.4 Å². The summed E-state index contributed by atoms with van der Waals surface area (Å²) >= 11 is 0. The van der Waals surface area contributed by atoms with Gasteiger partial charge in [-0.25, -0.2) is 4.39 Å². The number of hydrogen-bond acceptors (Lipinski definition) is 3. The van der Waals surface area contributed by atoms with Crippen molar-refractivity contribution in [2.24, 2.45) is 7.05 Å². The average molecular weight is 346 g/mol. The highest BCUT2D eigenvalue weighted by atomic mass is 19.1. The summed E-state index contributed by atoms with van der Waals surface area (Å²) in [6.07, 6.45) is 1.50. The zero-order valence-corrected chi connectivity index (χ0v) is 14.2. The van der Waals surface area contributed by atoms with Crippen molar-refractivity contribution >= 4 is 16.8 Å². The van der Waals surface area contributed by atoms with Gasteiger partial charge in [0.15, 0.2) is 0 Å². The van der Waals surface area contributed by atoms with Gasteiger partial charge < -0.3 is 4.90 Å². The molecular formula is C20H15FN4O. The highest BCUT2D eigenvalue weighted by molar-refractivity contribution is 6.01. The lowest BCUT2D eigenvalue weighted by Gasteiger charge is -2.14. The number of nitriles is 1. The quantitative estimate of drug-likeness (QED) is 0.683. The van der Waals surface area contributed by atoms with Crippen LogP contribution in [0.15, 0.2) is 48.7 Å². The molecule has 2 aromatic carbocycles. The summed E-state index contributed by atoms with van der Waals surface area (Å²) in [7, 11) is 1.76. The van der Waals surface area contributed by atoms with Crippen LogP contribution in [0.3, 0.4) is 0 Å². The lowest BCUT2D eigenvalue weighted by atomic mass is 9.96. The predicted octanol–water partition coefficient (Wildman–Crippen LogP) is 3.41. The Hall–Kier alpha value is -3.46. The first-order valence-corrected chi connectivity index (χ1v) is 8.10. The first kappa shape index (κ1) is 16.0. The van der Waals surface area contributed by atoms with Crippen LogP contribution in [0, 0.1) is 17.1 Å². The largest absolute Gasteiger partial charge is 0.329 e. The molecular weight excluding hydrogens is 331 g/mol. The van der Waals surface area contributed by atoms with Crippen LogP contribution in [0.4, 0.5) is 4.39 Å². The van der Waals surface area contributed by atoms with E-state index < -0.39 is 0 Å². The Balaban J connectivity index is 1.82. The van der Waals surface area contributed by atoms with Gasteiger partial charge >= 0.3 is 0 Å². The Labute approximate surface area is 149 Å². The molecule has 0 bridgehead atoms. The van der Waals surface area contributed by atoms with Gasteiger partial charge in [0.1, 0.15) is 5.82 Å². The molecule has 4 rings (SSSR count). The van der Waals surface area contributed by atoms with E-state index in [2.05, 4.69) is 11.7 Å². The minimum atomic E-state index is -0.345. The summed E-state index contributed by atoms with van der Waals surface area (Å²) in [5.74, 6) is -0.484. The van der Waals surface area contributed by atoms with Crippen LogP contribution >= 0.6 is 0 Å². The van der Waals surface area contributed by atoms with Gasteiger partial charge in [-0.05, 0) is 34.9 Å². The number of benzene rings is 2. The summed E-state index contributed by atoms with van der Waals surface area (Å²) < 4.78 is 16.1. The predicted molar refractivity (Wildman–Crippen MR) is 95.6 cm³/mol. The van der Waals surface area contributed by atoms with E-state index >= 15 is 0 Å². The number of carbonyl (C=O) groups is 1. The van der Waals surface area contributed by atoms with E-state index in [4.69, 9.17) is 5.26 Å². The number of carbonyl (C=O) groups excluding carboxylic acids is 1. The fourth-order valence-electron chi connectivity index (χ4n) is 3.42. The van der Waals surface area contributed by atoms with Gasteiger partial charge in [0.05, 0.1) is 29.7 Å². The third-order valence-corrected chi connectivity index (χ3v) is 4.71. The molecule has 0 fully saturated rings. The second-order valence-corrected chi connectivity index (χ2v) is 6.37. The molecule has 0 radical (unpaired) electrons. The number of halogens is 1. The highest BCUT2D eigenvalue weighted by Gasteiger charge is 2.30. The van der Waals surface area contributed by atoms with E-state index in [-0.39, 0.29) is 18.3 Å². The number of fused-ring (bicyclic) bond motifs is 2. The van der Waals surface area contributed by atoms with Crippen LogP contribution < -0.4 is 0 Å². The molecule has 0 saturated heterocycles. The van der Waals surface area contributed by atoms with Gasteiger partial charge in [0, 0.05) is 24.7 Å². The molecule has 2 heterocycles. The van der Waals surface area contributed by atoms with Crippen LogP contribution in [0.1, 0.15) is 15.9 Å². The molecule has 6 heteroatoms. The molecule has 0 aliphatic carbocycles. The number of hydrogen-bond donors (Lipinski definition) is 0. The lowest BCUT2D eigenvalue weighted by Crippen LogP contribution is -2.25. The number of rotatable bonds is 3. The van der Waals surface area contributed by atoms with E-state index in [0.717, 1.165) is 11.1 Å². The molecule has 1 aromatic heterocycles. The maximum atomic E-state index is 14.5. The second-order valence-electron chi connectivity index (χ2n) is 6.37. The average Bonchev–Trinajstić information content (AvgIpc) is 3.16. The summed E-state index contributed by atoms with van der Waals surface area (Å²) in [6, 6.07) is 10.8. The third-order valence-electron chi connectivity index (χ3n) is 4.71. The topological polar surface area (TPSA) is 61.9 Å². The normalized spacial score (nSPS) is 13.1. The number of nitrogens with zero attached hydrogens (tertiary/aromatic N) is 4. The fourth-order valence-corrected chi connectivity index (χ4v) is 3.42. The van der Waals surface area contributed by atoms with E-state index in [9.17, 15) is 9.18 Å². The molecule has 1 amide bonds. The summed E-state index contributed by atoms with van der Waals surface area (Å²) in [6.45, 7) is 4.21. The molecule has 1 aliphatic heterocycles. The molecule has 0 saturated carbocycles. The van der Waals surface area contributed by atoms with Crippen LogP contribution in [-0.4, -0.2) is 27.1 Å². The second kappa shape index (κ2) is 5.81. The molecule has 0 N–H and O–H groups in total. The Bertz CT molecular complexity index is 1120. The first-order valence-electron chi connectivity index (χ1n) is 8.10. The first-order chi connectivity index (χ1) is 12.5. The molecule has 0 spiro atoms. The van der Waals surface area contributed by atoms with E-state index in [1.54, 1.807) is 28.8 Å². The summed E-state index contributed by atoms with van der Waals surface area (Å²) in [5.41, 5.74) is 3.95. The Morgan fingerprint density at radius 2 is 2.15 bits per heavy atom. The van der Waals surface area contributed by atoms with E-state index in [1.807, 2.05) is 18.2 Å². The smallest absolute Gasteiger partial charge is 0.254 e. The summed E-state index contributed by atoms with van der Waals surface area (Å²) in [5, 5.41) is 13.5. The number of aryl methyl sites for hydroxylation is 1. The van der Waals surface area contributed by atoms with Crippen LogP contribution in [-0.2, 0) is 13.6 Å². The maximum Gasteiger partial charge on any atom is 0.254 e. The fraction of sp³-hybridized carbons (Fsp3) is 0.150. The zero-order chi connectivity index (χ0) is 18.4. The Morgan fingerprint density at radius 1 is 1.38 bits per heavy atom. The van der Waals surface area contributed by atoms with Crippen molar-refractivity contribution in [1.82, 2.24) is 14.7 Å². The van der Waals surface area contributed by atoms with Crippen LogP contribution in [0.5, 0.6) is 0 Å². The molecule has 26 heavy (non-hydrogen) atoms. The SMILES string of the molecule is C=C(C#N)CN1Cc2c(cccc2-c2cc(F)c3cnn(C)c3c2)C1=O. The van der Waals surface area contributed by atoms with Gasteiger partial charge in [0.25, 0.3) is 5.91 Å².